The van der Waals surface area contributed by atoms with E-state index in [1.807, 2.05) is 67.6 Å². The Hall–Kier alpha value is -2.99. The topological polar surface area (TPSA) is 62.9 Å². The predicted molar refractivity (Wildman–Crippen MR) is 99.8 cm³/mol. The van der Waals surface area contributed by atoms with Crippen molar-refractivity contribution in [3.8, 4) is 0 Å². The minimum absolute atomic E-state index is 0.521. The number of rotatable bonds is 5. The summed E-state index contributed by atoms with van der Waals surface area (Å²) in [6.45, 7) is 5.47. The molecule has 3 aromatic rings. The highest BCUT2D eigenvalue weighted by molar-refractivity contribution is 7.15. The van der Waals surface area contributed by atoms with Crippen LogP contribution in [0.15, 0.2) is 63.8 Å². The van der Waals surface area contributed by atoms with Gasteiger partial charge in [0.05, 0.1) is 11.4 Å². The molecule has 5 nitrogen and oxygen atoms in total. The van der Waals surface area contributed by atoms with Crippen LogP contribution in [0.3, 0.4) is 0 Å². The summed E-state index contributed by atoms with van der Waals surface area (Å²) < 4.78 is 0. The minimum atomic E-state index is 0.521. The van der Waals surface area contributed by atoms with Gasteiger partial charge < -0.3 is 0 Å². The first-order valence-electron chi connectivity index (χ1n) is 7.30. The zero-order chi connectivity index (χ0) is 16.8. The molecule has 118 valence electrons. The molecule has 0 saturated heterocycles. The Morgan fingerprint density at radius 1 is 1.00 bits per heavy atom. The molecule has 0 aliphatic rings. The van der Waals surface area contributed by atoms with Crippen LogP contribution in [0.2, 0.25) is 0 Å². The smallest absolute Gasteiger partial charge is 0.252 e. The van der Waals surface area contributed by atoms with Crippen LogP contribution >= 0.6 is 11.3 Å². The quantitative estimate of drug-likeness (QED) is 0.440. The summed E-state index contributed by atoms with van der Waals surface area (Å²) in [5.41, 5.74) is 3.69. The van der Waals surface area contributed by atoms with Crippen LogP contribution in [0.1, 0.15) is 16.1 Å². The third-order valence-corrected chi connectivity index (χ3v) is 4.03. The first-order chi connectivity index (χ1) is 11.7. The molecular weight excluding hydrogens is 318 g/mol. The Morgan fingerprint density at radius 2 is 1.83 bits per heavy atom. The van der Waals surface area contributed by atoms with Gasteiger partial charge in [0.25, 0.3) is 5.13 Å². The van der Waals surface area contributed by atoms with Crippen molar-refractivity contribution >= 4 is 46.7 Å². The number of azo groups is 1. The summed E-state index contributed by atoms with van der Waals surface area (Å²) in [5.74, 6) is 0. The Morgan fingerprint density at radius 3 is 2.58 bits per heavy atom. The van der Waals surface area contributed by atoms with E-state index in [-0.39, 0.29) is 0 Å². The Bertz CT molecular complexity index is 897. The molecule has 2 aromatic carbocycles. The molecule has 0 aliphatic carbocycles. The standard InChI is InChI=1S/C18H15N5S/c1-13-12-15(19-2)9-10-16(13)20-22-18-23-21-17(24-18)11-8-14-6-4-3-5-7-14/h3-12H,2H2,1H3/b11-8+,22-20?. The van der Waals surface area contributed by atoms with Gasteiger partial charge in [-0.2, -0.15) is 0 Å². The van der Waals surface area contributed by atoms with E-state index in [4.69, 9.17) is 0 Å². The maximum Gasteiger partial charge on any atom is 0.252 e. The number of benzene rings is 2. The average molecular weight is 333 g/mol. The third kappa shape index (κ3) is 4.05. The van der Waals surface area contributed by atoms with E-state index in [0.29, 0.717) is 5.13 Å². The molecule has 1 aromatic heterocycles. The summed E-state index contributed by atoms with van der Waals surface area (Å²) >= 11 is 1.39. The van der Waals surface area contributed by atoms with Crippen molar-refractivity contribution in [1.29, 1.82) is 0 Å². The van der Waals surface area contributed by atoms with E-state index in [9.17, 15) is 0 Å². The number of aromatic nitrogens is 2. The highest BCUT2D eigenvalue weighted by atomic mass is 32.1. The van der Waals surface area contributed by atoms with Gasteiger partial charge in [-0.05, 0) is 49.0 Å². The molecule has 0 amide bonds. The van der Waals surface area contributed by atoms with Crippen LogP contribution in [0.5, 0.6) is 0 Å². The molecule has 0 fully saturated rings. The van der Waals surface area contributed by atoms with Crippen LogP contribution in [0.25, 0.3) is 12.2 Å². The van der Waals surface area contributed by atoms with Gasteiger partial charge in [-0.25, -0.2) is 0 Å². The molecule has 0 radical (unpaired) electrons. The molecule has 0 bridgehead atoms. The Kier molecular flexibility index (Phi) is 4.98. The van der Waals surface area contributed by atoms with Crippen LogP contribution in [0, 0.1) is 6.92 Å². The maximum absolute atomic E-state index is 4.23. The number of nitrogens with zero attached hydrogens (tertiary/aromatic N) is 5. The van der Waals surface area contributed by atoms with Crippen LogP contribution in [-0.2, 0) is 0 Å². The van der Waals surface area contributed by atoms with Gasteiger partial charge in [0.15, 0.2) is 0 Å². The monoisotopic (exact) mass is 333 g/mol. The number of aryl methyl sites for hydroxylation is 1. The van der Waals surface area contributed by atoms with E-state index in [0.717, 1.165) is 27.5 Å². The van der Waals surface area contributed by atoms with Gasteiger partial charge in [0.1, 0.15) is 5.01 Å². The lowest BCUT2D eigenvalue weighted by Crippen LogP contribution is -1.73. The normalized spacial score (nSPS) is 11.4. The van der Waals surface area contributed by atoms with Crippen molar-refractivity contribution in [3.63, 3.8) is 0 Å². The fourth-order valence-corrected chi connectivity index (χ4v) is 2.58. The summed E-state index contributed by atoms with van der Waals surface area (Å²) in [6.07, 6.45) is 3.91. The number of hydrogen-bond donors (Lipinski definition) is 0. The van der Waals surface area contributed by atoms with Crippen LogP contribution in [0.4, 0.5) is 16.5 Å². The van der Waals surface area contributed by atoms with Crippen molar-refractivity contribution in [3.05, 3.63) is 64.7 Å². The van der Waals surface area contributed by atoms with Crippen LogP contribution < -0.4 is 0 Å². The molecule has 0 atom stereocenters. The van der Waals surface area contributed by atoms with Gasteiger partial charge in [-0.1, -0.05) is 47.7 Å². The summed E-state index contributed by atoms with van der Waals surface area (Å²) in [7, 11) is 0. The number of aliphatic imine (C=N–C) groups is 1. The highest BCUT2D eigenvalue weighted by Crippen LogP contribution is 2.27. The number of hydrogen-bond acceptors (Lipinski definition) is 6. The Labute approximate surface area is 144 Å². The lowest BCUT2D eigenvalue weighted by atomic mass is 10.2. The molecule has 24 heavy (non-hydrogen) atoms. The van der Waals surface area contributed by atoms with E-state index in [2.05, 4.69) is 32.1 Å². The first-order valence-corrected chi connectivity index (χ1v) is 8.12. The van der Waals surface area contributed by atoms with E-state index >= 15 is 0 Å². The third-order valence-electron chi connectivity index (χ3n) is 3.25. The molecule has 0 aliphatic heterocycles. The first kappa shape index (κ1) is 15.9. The van der Waals surface area contributed by atoms with Crippen molar-refractivity contribution in [1.82, 2.24) is 10.2 Å². The van der Waals surface area contributed by atoms with Crippen molar-refractivity contribution in [2.24, 2.45) is 15.2 Å². The maximum atomic E-state index is 4.23. The molecule has 0 N–H and O–H groups in total. The molecule has 1 heterocycles. The van der Waals surface area contributed by atoms with E-state index in [1.54, 1.807) is 0 Å². The second-order valence-corrected chi connectivity index (χ2v) is 5.98. The molecule has 0 saturated carbocycles. The van der Waals surface area contributed by atoms with Crippen molar-refractivity contribution in [2.45, 2.75) is 6.92 Å². The van der Waals surface area contributed by atoms with E-state index < -0.39 is 0 Å². The largest absolute Gasteiger partial charge is 0.265 e. The summed E-state index contributed by atoms with van der Waals surface area (Å²) in [4.78, 5) is 3.89. The second kappa shape index (κ2) is 7.52. The molecule has 0 spiro atoms. The highest BCUT2D eigenvalue weighted by Gasteiger charge is 2.02. The lowest BCUT2D eigenvalue weighted by molar-refractivity contribution is 1.05. The molecule has 0 unspecified atom stereocenters. The van der Waals surface area contributed by atoms with Gasteiger partial charge in [0.2, 0.25) is 0 Å². The average Bonchev–Trinajstić information content (AvgIpc) is 3.07. The van der Waals surface area contributed by atoms with Gasteiger partial charge in [0, 0.05) is 0 Å². The van der Waals surface area contributed by atoms with Gasteiger partial charge >= 0.3 is 0 Å². The SMILES string of the molecule is C=Nc1ccc(N=Nc2nnc(/C=C/c3ccccc3)s2)c(C)c1. The summed E-state index contributed by atoms with van der Waals surface area (Å²) in [5, 5.41) is 17.8. The van der Waals surface area contributed by atoms with Crippen LogP contribution in [-0.4, -0.2) is 16.9 Å². The zero-order valence-corrected chi connectivity index (χ0v) is 13.9. The zero-order valence-electron chi connectivity index (χ0n) is 13.1. The van der Waals surface area contributed by atoms with Gasteiger partial charge in [-0.15, -0.1) is 20.4 Å². The lowest BCUT2D eigenvalue weighted by Gasteiger charge is -1.99. The summed E-state index contributed by atoms with van der Waals surface area (Å²) in [6, 6.07) is 15.7. The van der Waals surface area contributed by atoms with Gasteiger partial charge in [-0.3, -0.25) is 4.99 Å². The minimum Gasteiger partial charge on any atom is -0.265 e. The molecule has 6 heteroatoms. The fourth-order valence-electron chi connectivity index (χ4n) is 2.01. The van der Waals surface area contributed by atoms with Crippen molar-refractivity contribution < 1.29 is 0 Å². The fraction of sp³-hybridized carbons (Fsp3) is 0.0556. The van der Waals surface area contributed by atoms with E-state index in [1.165, 1.54) is 11.3 Å². The second-order valence-electron chi connectivity index (χ2n) is 5.00. The molecular formula is C18H15N5S. The van der Waals surface area contributed by atoms with Crippen molar-refractivity contribution in [2.75, 3.05) is 0 Å². The predicted octanol–water partition coefficient (Wildman–Crippen LogP) is 5.76. The molecule has 3 rings (SSSR count). The Balaban J connectivity index is 1.72.